The van der Waals surface area contributed by atoms with E-state index in [1.165, 1.54) is 5.56 Å². The van der Waals surface area contributed by atoms with Crippen LogP contribution in [0.15, 0.2) is 97.2 Å². The Morgan fingerprint density at radius 3 is 2.23 bits per heavy atom. The van der Waals surface area contributed by atoms with Crippen molar-refractivity contribution >= 4 is 16.7 Å². The first kappa shape index (κ1) is 23.7. The predicted molar refractivity (Wildman–Crippen MR) is 155 cm³/mol. The van der Waals surface area contributed by atoms with Crippen LogP contribution in [0.5, 0.6) is 0 Å². The quantitative estimate of drug-likeness (QED) is 0.291. The molecule has 3 aromatic heterocycles. The number of benzene rings is 3. The third kappa shape index (κ3) is 4.09. The summed E-state index contributed by atoms with van der Waals surface area (Å²) in [7, 11) is 0. The van der Waals surface area contributed by atoms with Gasteiger partial charge in [-0.2, -0.15) is 9.61 Å². The molecule has 6 nitrogen and oxygen atoms in total. The van der Waals surface area contributed by atoms with E-state index in [0.29, 0.717) is 12.8 Å². The van der Waals surface area contributed by atoms with Gasteiger partial charge in [-0.1, -0.05) is 84.4 Å². The summed E-state index contributed by atoms with van der Waals surface area (Å²) in [6.45, 7) is 3.92. The van der Waals surface area contributed by atoms with Crippen LogP contribution < -0.4 is 5.73 Å². The molecule has 0 bridgehead atoms. The van der Waals surface area contributed by atoms with Gasteiger partial charge in [-0.25, -0.2) is 9.97 Å². The molecule has 0 spiro atoms. The fourth-order valence-corrected chi connectivity index (χ4v) is 5.93. The molecule has 0 saturated heterocycles. The standard InChI is InChI=1S/C33H29N5O/c1-21-8-10-23(11-9-21)28-17-29-35-18-25-16-27(22-6-4-3-5-7-22)30(36-31(25)38(29)37-28)24-12-14-26(15-13-24)33(34)19-32(2,39)20-33/h3-18,39H,19-20,34H2,1-2H3/t32-,33-. The maximum Gasteiger partial charge on any atom is 0.165 e. The first-order valence-corrected chi connectivity index (χ1v) is 13.2. The molecular weight excluding hydrogens is 482 g/mol. The van der Waals surface area contributed by atoms with Crippen molar-refractivity contribution in [1.82, 2.24) is 19.6 Å². The van der Waals surface area contributed by atoms with E-state index in [9.17, 15) is 5.11 Å². The van der Waals surface area contributed by atoms with Gasteiger partial charge in [-0.3, -0.25) is 0 Å². The lowest BCUT2D eigenvalue weighted by atomic mass is 9.63. The van der Waals surface area contributed by atoms with E-state index in [4.69, 9.17) is 20.8 Å². The van der Waals surface area contributed by atoms with Crippen molar-refractivity contribution in [1.29, 1.82) is 0 Å². The fraction of sp³-hybridized carbons (Fsp3) is 0.182. The van der Waals surface area contributed by atoms with Gasteiger partial charge in [-0.05, 0) is 43.9 Å². The number of hydrogen-bond donors (Lipinski definition) is 2. The molecule has 1 saturated carbocycles. The largest absolute Gasteiger partial charge is 0.390 e. The molecule has 7 rings (SSSR count). The van der Waals surface area contributed by atoms with Crippen LogP contribution in [-0.2, 0) is 5.54 Å². The first-order chi connectivity index (χ1) is 18.8. The van der Waals surface area contributed by atoms with Crippen molar-refractivity contribution in [2.24, 2.45) is 5.73 Å². The summed E-state index contributed by atoms with van der Waals surface area (Å²) in [6.07, 6.45) is 2.98. The molecule has 0 amide bonds. The minimum absolute atomic E-state index is 0.500. The van der Waals surface area contributed by atoms with Gasteiger partial charge < -0.3 is 10.8 Å². The Bertz CT molecular complexity index is 1830. The average Bonchev–Trinajstić information content (AvgIpc) is 3.37. The van der Waals surface area contributed by atoms with Gasteiger partial charge in [0.2, 0.25) is 0 Å². The van der Waals surface area contributed by atoms with Crippen LogP contribution in [0.4, 0.5) is 0 Å². The van der Waals surface area contributed by atoms with Crippen molar-refractivity contribution in [2.75, 3.05) is 0 Å². The highest BCUT2D eigenvalue weighted by Gasteiger charge is 2.49. The highest BCUT2D eigenvalue weighted by Crippen LogP contribution is 2.46. The van der Waals surface area contributed by atoms with Crippen LogP contribution in [-0.4, -0.2) is 30.3 Å². The van der Waals surface area contributed by atoms with Gasteiger partial charge in [0.25, 0.3) is 0 Å². The van der Waals surface area contributed by atoms with Crippen LogP contribution in [0.1, 0.15) is 30.9 Å². The molecule has 1 aliphatic carbocycles. The Morgan fingerprint density at radius 2 is 1.54 bits per heavy atom. The highest BCUT2D eigenvalue weighted by molar-refractivity contribution is 5.91. The van der Waals surface area contributed by atoms with Gasteiger partial charge in [0.1, 0.15) is 0 Å². The van der Waals surface area contributed by atoms with Gasteiger partial charge in [0.05, 0.1) is 17.0 Å². The predicted octanol–water partition coefficient (Wildman–Crippen LogP) is 6.29. The first-order valence-electron chi connectivity index (χ1n) is 13.2. The highest BCUT2D eigenvalue weighted by atomic mass is 16.3. The second-order valence-electron chi connectivity index (χ2n) is 11.2. The van der Waals surface area contributed by atoms with Crippen LogP contribution in [0.25, 0.3) is 50.3 Å². The summed E-state index contributed by atoms with van der Waals surface area (Å²) in [5.74, 6) is 0. The monoisotopic (exact) mass is 511 g/mol. The number of rotatable bonds is 4. The van der Waals surface area contributed by atoms with Crippen molar-refractivity contribution < 1.29 is 5.11 Å². The van der Waals surface area contributed by atoms with E-state index in [-0.39, 0.29) is 0 Å². The van der Waals surface area contributed by atoms with Crippen LogP contribution >= 0.6 is 0 Å². The number of fused-ring (bicyclic) bond motifs is 3. The number of hydrogen-bond acceptors (Lipinski definition) is 5. The van der Waals surface area contributed by atoms with Crippen LogP contribution in [0, 0.1) is 6.92 Å². The molecule has 0 radical (unpaired) electrons. The minimum atomic E-state index is -0.700. The third-order valence-corrected chi connectivity index (χ3v) is 7.82. The van der Waals surface area contributed by atoms with Crippen molar-refractivity contribution in [2.45, 2.75) is 37.8 Å². The summed E-state index contributed by atoms with van der Waals surface area (Å²) < 4.78 is 1.84. The van der Waals surface area contributed by atoms with Crippen LogP contribution in [0.3, 0.4) is 0 Å². The van der Waals surface area contributed by atoms with E-state index in [1.54, 1.807) is 0 Å². The smallest absolute Gasteiger partial charge is 0.165 e. The molecule has 0 unspecified atom stereocenters. The van der Waals surface area contributed by atoms with E-state index in [0.717, 1.165) is 55.9 Å². The molecule has 39 heavy (non-hydrogen) atoms. The van der Waals surface area contributed by atoms with E-state index in [1.807, 2.05) is 41.9 Å². The second kappa shape index (κ2) is 8.56. The van der Waals surface area contributed by atoms with Gasteiger partial charge in [-0.15, -0.1) is 0 Å². The maximum atomic E-state index is 10.3. The number of aromatic nitrogens is 4. The topological polar surface area (TPSA) is 89.3 Å². The van der Waals surface area contributed by atoms with Crippen molar-refractivity contribution in [3.63, 3.8) is 0 Å². The zero-order chi connectivity index (χ0) is 26.8. The molecule has 1 fully saturated rings. The van der Waals surface area contributed by atoms with Crippen LogP contribution in [0.2, 0.25) is 0 Å². The van der Waals surface area contributed by atoms with Crippen molar-refractivity contribution in [3.8, 4) is 33.6 Å². The number of aliphatic hydroxyl groups is 1. The summed E-state index contributed by atoms with van der Waals surface area (Å²) in [5.41, 5.74) is 15.0. The average molecular weight is 512 g/mol. The third-order valence-electron chi connectivity index (χ3n) is 7.82. The number of nitrogens with zero attached hydrogens (tertiary/aromatic N) is 4. The molecule has 3 N–H and O–H groups in total. The molecule has 6 aromatic rings. The summed E-state index contributed by atoms with van der Waals surface area (Å²) >= 11 is 0. The second-order valence-corrected chi connectivity index (χ2v) is 11.2. The SMILES string of the molecule is Cc1ccc(-c2cc3ncc4cc(-c5ccccc5)c(-c5ccc([C@]6(N)C[C@](C)(O)C6)cc5)nc4n3n2)cc1. The molecular formula is C33H29N5O. The number of nitrogens with two attached hydrogens (primary N) is 1. The lowest BCUT2D eigenvalue weighted by Crippen LogP contribution is -2.58. The molecule has 3 aromatic carbocycles. The van der Waals surface area contributed by atoms with Gasteiger partial charge in [0, 0.05) is 39.9 Å². The minimum Gasteiger partial charge on any atom is -0.390 e. The molecule has 1 aliphatic rings. The molecule has 0 atom stereocenters. The molecule has 192 valence electrons. The molecule has 6 heteroatoms. The molecule has 3 heterocycles. The molecule has 0 aliphatic heterocycles. The number of aryl methyl sites for hydroxylation is 1. The van der Waals surface area contributed by atoms with E-state index >= 15 is 0 Å². The fourth-order valence-electron chi connectivity index (χ4n) is 5.93. The van der Waals surface area contributed by atoms with E-state index in [2.05, 4.69) is 73.7 Å². The lowest BCUT2D eigenvalue weighted by molar-refractivity contribution is -0.0738. The maximum absolute atomic E-state index is 10.3. The van der Waals surface area contributed by atoms with Gasteiger partial charge in [0.15, 0.2) is 11.3 Å². The van der Waals surface area contributed by atoms with Crippen molar-refractivity contribution in [3.05, 3.63) is 108 Å². The Kier molecular flexibility index (Phi) is 5.20. The summed E-state index contributed by atoms with van der Waals surface area (Å²) in [5, 5.41) is 16.1. The number of pyridine rings is 1. The zero-order valence-electron chi connectivity index (χ0n) is 22.0. The Labute approximate surface area is 226 Å². The lowest BCUT2D eigenvalue weighted by Gasteiger charge is -2.49. The van der Waals surface area contributed by atoms with E-state index < -0.39 is 11.1 Å². The summed E-state index contributed by atoms with van der Waals surface area (Å²) in [6, 6.07) is 31.1. The Morgan fingerprint density at radius 1 is 0.846 bits per heavy atom. The zero-order valence-corrected chi connectivity index (χ0v) is 22.0. The Balaban J connectivity index is 1.39. The normalized spacial score (nSPS) is 20.8. The Hall–Kier alpha value is -4.39. The van der Waals surface area contributed by atoms with Gasteiger partial charge >= 0.3 is 0 Å². The summed E-state index contributed by atoms with van der Waals surface area (Å²) in [4.78, 5) is 9.91.